The van der Waals surface area contributed by atoms with Gasteiger partial charge in [0.25, 0.3) is 0 Å². The lowest BCUT2D eigenvalue weighted by Crippen LogP contribution is -2.36. The number of aryl methyl sites for hydroxylation is 1. The van der Waals surface area contributed by atoms with E-state index in [1.807, 2.05) is 29.9 Å². The van der Waals surface area contributed by atoms with Gasteiger partial charge in [-0.25, -0.2) is 0 Å². The third-order valence-electron chi connectivity index (χ3n) is 3.53. The van der Waals surface area contributed by atoms with Crippen LogP contribution in [0.25, 0.3) is 0 Å². The van der Waals surface area contributed by atoms with Gasteiger partial charge < -0.3 is 20.1 Å². The standard InChI is InChI=1S/C15H18BrN5O2.HI/c1-17-15(19-8-11-3-4-20-21(11)2)18-7-10-5-12(16)14-13(6-10)22-9-23-14;/h3-6H,7-9H2,1-2H3,(H2,17,18,19);1H. The Morgan fingerprint density at radius 3 is 2.83 bits per heavy atom. The second kappa shape index (κ2) is 8.56. The van der Waals surface area contributed by atoms with Crippen LogP contribution in [0.1, 0.15) is 11.3 Å². The highest BCUT2D eigenvalue weighted by molar-refractivity contribution is 14.0. The van der Waals surface area contributed by atoms with Crippen LogP contribution in [0.5, 0.6) is 11.5 Å². The third-order valence-corrected chi connectivity index (χ3v) is 4.12. The highest BCUT2D eigenvalue weighted by Gasteiger charge is 2.17. The Morgan fingerprint density at radius 2 is 2.12 bits per heavy atom. The van der Waals surface area contributed by atoms with Crippen molar-refractivity contribution >= 4 is 45.9 Å². The van der Waals surface area contributed by atoms with Gasteiger partial charge in [-0.1, -0.05) is 0 Å². The molecule has 0 aliphatic carbocycles. The fraction of sp³-hybridized carbons (Fsp3) is 0.333. The number of fused-ring (bicyclic) bond motifs is 1. The van der Waals surface area contributed by atoms with Gasteiger partial charge in [-0.15, -0.1) is 24.0 Å². The number of nitrogens with one attached hydrogen (secondary N) is 2. The molecule has 9 heteroatoms. The molecule has 0 bridgehead atoms. The summed E-state index contributed by atoms with van der Waals surface area (Å²) in [7, 11) is 3.66. The van der Waals surface area contributed by atoms with E-state index in [9.17, 15) is 0 Å². The number of aliphatic imine (C=N–C) groups is 1. The van der Waals surface area contributed by atoms with Crippen LogP contribution in [0, 0.1) is 0 Å². The van der Waals surface area contributed by atoms with Gasteiger partial charge in [0.2, 0.25) is 6.79 Å². The van der Waals surface area contributed by atoms with Gasteiger partial charge in [-0.2, -0.15) is 5.10 Å². The lowest BCUT2D eigenvalue weighted by Gasteiger charge is -2.12. The largest absolute Gasteiger partial charge is 0.454 e. The molecule has 2 N–H and O–H groups in total. The minimum absolute atomic E-state index is 0. The van der Waals surface area contributed by atoms with Crippen LogP contribution in [0.15, 0.2) is 33.9 Å². The Morgan fingerprint density at radius 1 is 1.33 bits per heavy atom. The summed E-state index contributed by atoms with van der Waals surface area (Å²) in [5, 5.41) is 10.7. The van der Waals surface area contributed by atoms with Crippen LogP contribution in [-0.2, 0) is 20.1 Å². The molecule has 0 saturated heterocycles. The molecular weight excluding hydrogens is 489 g/mol. The molecule has 1 aliphatic heterocycles. The zero-order valence-corrected chi connectivity index (χ0v) is 17.3. The lowest BCUT2D eigenvalue weighted by molar-refractivity contribution is 0.173. The molecule has 0 radical (unpaired) electrons. The summed E-state index contributed by atoms with van der Waals surface area (Å²) in [5.74, 6) is 2.24. The van der Waals surface area contributed by atoms with Crippen molar-refractivity contribution in [3.05, 3.63) is 40.1 Å². The number of halogens is 2. The fourth-order valence-electron chi connectivity index (χ4n) is 2.28. The van der Waals surface area contributed by atoms with E-state index < -0.39 is 0 Å². The topological polar surface area (TPSA) is 72.7 Å². The molecule has 0 atom stereocenters. The molecule has 0 spiro atoms. The molecule has 2 aromatic rings. The van der Waals surface area contributed by atoms with E-state index in [-0.39, 0.29) is 30.8 Å². The second-order valence-corrected chi connectivity index (χ2v) is 5.89. The number of guanidine groups is 1. The summed E-state index contributed by atoms with van der Waals surface area (Å²) in [4.78, 5) is 4.22. The highest BCUT2D eigenvalue weighted by Crippen LogP contribution is 2.39. The minimum atomic E-state index is 0. The zero-order chi connectivity index (χ0) is 16.2. The number of hydrogen-bond acceptors (Lipinski definition) is 4. The maximum Gasteiger partial charge on any atom is 0.231 e. The molecule has 0 unspecified atom stereocenters. The third kappa shape index (κ3) is 4.32. The number of nitrogens with zero attached hydrogens (tertiary/aromatic N) is 3. The highest BCUT2D eigenvalue weighted by atomic mass is 127. The predicted octanol–water partition coefficient (Wildman–Crippen LogP) is 2.39. The minimum Gasteiger partial charge on any atom is -0.454 e. The summed E-state index contributed by atoms with van der Waals surface area (Å²) in [6, 6.07) is 5.94. The molecule has 7 nitrogen and oxygen atoms in total. The van der Waals surface area contributed by atoms with Gasteiger partial charge >= 0.3 is 0 Å². The molecule has 1 aromatic carbocycles. The molecule has 130 valence electrons. The molecule has 2 heterocycles. The van der Waals surface area contributed by atoms with Crippen molar-refractivity contribution in [3.63, 3.8) is 0 Å². The molecule has 1 aromatic heterocycles. The van der Waals surface area contributed by atoms with Crippen LogP contribution >= 0.6 is 39.9 Å². The van der Waals surface area contributed by atoms with Gasteiger partial charge in [0, 0.05) is 26.8 Å². The zero-order valence-electron chi connectivity index (χ0n) is 13.4. The maximum atomic E-state index is 5.43. The normalized spacial score (nSPS) is 12.7. The van der Waals surface area contributed by atoms with Crippen LogP contribution in [0.3, 0.4) is 0 Å². The summed E-state index contributed by atoms with van der Waals surface area (Å²) in [5.41, 5.74) is 2.16. The first kappa shape index (κ1) is 18.8. The number of ether oxygens (including phenoxy) is 2. The van der Waals surface area contributed by atoms with Crippen molar-refractivity contribution in [1.29, 1.82) is 0 Å². The molecule has 0 amide bonds. The molecular formula is C15H19BrIN5O2. The Hall–Kier alpha value is -1.49. The Labute approximate surface area is 166 Å². The van der Waals surface area contributed by atoms with E-state index in [1.165, 1.54) is 0 Å². The first-order chi connectivity index (χ1) is 11.2. The number of benzene rings is 1. The summed E-state index contributed by atoms with van der Waals surface area (Å²) in [6.07, 6.45) is 1.78. The molecule has 24 heavy (non-hydrogen) atoms. The van der Waals surface area contributed by atoms with Crippen LogP contribution in [0.4, 0.5) is 0 Å². The molecule has 3 rings (SSSR count). The summed E-state index contributed by atoms with van der Waals surface area (Å²) >= 11 is 3.50. The molecule has 0 fully saturated rings. The van der Waals surface area contributed by atoms with E-state index in [0.717, 1.165) is 33.2 Å². The average molecular weight is 508 g/mol. The van der Waals surface area contributed by atoms with Crippen molar-refractivity contribution in [1.82, 2.24) is 20.4 Å². The smallest absolute Gasteiger partial charge is 0.231 e. The monoisotopic (exact) mass is 507 g/mol. The Kier molecular flexibility index (Phi) is 6.72. The first-order valence-electron chi connectivity index (χ1n) is 7.17. The van der Waals surface area contributed by atoms with E-state index in [2.05, 4.69) is 36.7 Å². The second-order valence-electron chi connectivity index (χ2n) is 5.04. The Bertz CT molecular complexity index is 735. The number of hydrogen-bond donors (Lipinski definition) is 2. The van der Waals surface area contributed by atoms with Crippen molar-refractivity contribution in [2.45, 2.75) is 13.1 Å². The van der Waals surface area contributed by atoms with Crippen LogP contribution in [0.2, 0.25) is 0 Å². The number of aromatic nitrogens is 2. The van der Waals surface area contributed by atoms with Crippen molar-refractivity contribution in [2.24, 2.45) is 12.0 Å². The summed E-state index contributed by atoms with van der Waals surface area (Å²) < 4.78 is 13.5. The van der Waals surface area contributed by atoms with Crippen molar-refractivity contribution < 1.29 is 9.47 Å². The van der Waals surface area contributed by atoms with Crippen molar-refractivity contribution in [3.8, 4) is 11.5 Å². The summed E-state index contributed by atoms with van der Waals surface area (Å²) in [6.45, 7) is 1.54. The quantitative estimate of drug-likeness (QED) is 0.377. The fourth-order valence-corrected chi connectivity index (χ4v) is 2.88. The van der Waals surface area contributed by atoms with E-state index in [4.69, 9.17) is 9.47 Å². The predicted molar refractivity (Wildman–Crippen MR) is 106 cm³/mol. The van der Waals surface area contributed by atoms with E-state index in [0.29, 0.717) is 13.1 Å². The van der Waals surface area contributed by atoms with Crippen LogP contribution < -0.4 is 20.1 Å². The van der Waals surface area contributed by atoms with Gasteiger partial charge in [0.1, 0.15) is 0 Å². The van der Waals surface area contributed by atoms with E-state index in [1.54, 1.807) is 13.2 Å². The number of rotatable bonds is 4. The molecule has 1 aliphatic rings. The first-order valence-corrected chi connectivity index (χ1v) is 7.96. The van der Waals surface area contributed by atoms with E-state index >= 15 is 0 Å². The SMILES string of the molecule is CN=C(NCc1cc(Br)c2c(c1)OCO2)NCc1ccnn1C.I. The van der Waals surface area contributed by atoms with Gasteiger partial charge in [-0.05, 0) is 39.7 Å². The van der Waals surface area contributed by atoms with Gasteiger partial charge in [0.15, 0.2) is 17.5 Å². The van der Waals surface area contributed by atoms with Crippen LogP contribution in [-0.4, -0.2) is 29.6 Å². The van der Waals surface area contributed by atoms with Crippen molar-refractivity contribution in [2.75, 3.05) is 13.8 Å². The van der Waals surface area contributed by atoms with Gasteiger partial charge in [-0.3, -0.25) is 9.67 Å². The molecule has 0 saturated carbocycles. The Balaban J connectivity index is 0.00000208. The van der Waals surface area contributed by atoms with Gasteiger partial charge in [0.05, 0.1) is 16.7 Å². The maximum absolute atomic E-state index is 5.43. The lowest BCUT2D eigenvalue weighted by atomic mass is 10.2. The average Bonchev–Trinajstić information content (AvgIpc) is 3.17.